The second kappa shape index (κ2) is 13.3. The molecule has 5 rings (SSSR count). The topological polar surface area (TPSA) is 80.8 Å². The van der Waals surface area contributed by atoms with Gasteiger partial charge in [0.2, 0.25) is 0 Å². The van der Waals surface area contributed by atoms with Gasteiger partial charge in [0.1, 0.15) is 0 Å². The lowest BCUT2D eigenvalue weighted by molar-refractivity contribution is -0.141. The quantitative estimate of drug-likeness (QED) is 0.198. The molecule has 1 aliphatic rings. The van der Waals surface area contributed by atoms with E-state index >= 15 is 0 Å². The SMILES string of the molecule is COC(=O)CCC1=C(C)C(c2ccccc2)=N/C1=C(/c1ccccc1)c1[nH]c(-c2ccccc2)c(C)c1CCC(=O)OC. The summed E-state index contributed by atoms with van der Waals surface area (Å²) in [7, 11) is 2.83. The number of benzene rings is 3. The number of ether oxygens (including phenoxy) is 2. The number of aromatic amines is 1. The van der Waals surface area contributed by atoms with Gasteiger partial charge in [-0.1, -0.05) is 91.0 Å². The number of aromatic nitrogens is 1. The number of hydrogen-bond acceptors (Lipinski definition) is 5. The van der Waals surface area contributed by atoms with Crippen LogP contribution in [-0.2, 0) is 25.5 Å². The fraction of sp³-hybridized carbons (Fsp3) is 0.216. The summed E-state index contributed by atoms with van der Waals surface area (Å²) in [5.74, 6) is -0.531. The van der Waals surface area contributed by atoms with Crippen LogP contribution < -0.4 is 0 Å². The van der Waals surface area contributed by atoms with E-state index in [1.54, 1.807) is 0 Å². The average molecular weight is 573 g/mol. The number of carbonyl (C=O) groups is 2. The van der Waals surface area contributed by atoms with Crippen LogP contribution in [0, 0.1) is 6.92 Å². The smallest absolute Gasteiger partial charge is 0.305 e. The van der Waals surface area contributed by atoms with Crippen LogP contribution in [0.1, 0.15) is 54.1 Å². The Morgan fingerprint density at radius 3 is 1.84 bits per heavy atom. The number of H-pyrrole nitrogens is 1. The van der Waals surface area contributed by atoms with Crippen molar-refractivity contribution in [1.82, 2.24) is 4.98 Å². The summed E-state index contributed by atoms with van der Waals surface area (Å²) in [6.07, 6.45) is 1.46. The molecule has 0 aliphatic carbocycles. The third-order valence-corrected chi connectivity index (χ3v) is 7.97. The first-order valence-corrected chi connectivity index (χ1v) is 14.5. The number of aliphatic imine (C=N–C) groups is 1. The highest BCUT2D eigenvalue weighted by Crippen LogP contribution is 2.42. The van der Waals surface area contributed by atoms with Crippen molar-refractivity contribution in [1.29, 1.82) is 0 Å². The Hall–Kier alpha value is -4.97. The molecule has 43 heavy (non-hydrogen) atoms. The van der Waals surface area contributed by atoms with Gasteiger partial charge in [0.25, 0.3) is 0 Å². The van der Waals surface area contributed by atoms with Crippen molar-refractivity contribution in [3.05, 3.63) is 136 Å². The number of nitrogens with zero attached hydrogens (tertiary/aromatic N) is 1. The monoisotopic (exact) mass is 572 g/mol. The maximum absolute atomic E-state index is 12.3. The summed E-state index contributed by atoms with van der Waals surface area (Å²) in [5, 5.41) is 0. The largest absolute Gasteiger partial charge is 0.469 e. The van der Waals surface area contributed by atoms with E-state index in [2.05, 4.69) is 55.2 Å². The molecule has 0 amide bonds. The molecule has 6 nitrogen and oxygen atoms in total. The molecule has 218 valence electrons. The third kappa shape index (κ3) is 6.28. The molecule has 0 fully saturated rings. The maximum Gasteiger partial charge on any atom is 0.305 e. The Kier molecular flexibility index (Phi) is 9.16. The standard InChI is InChI=1S/C37H36N2O4/c1-24-29(20-22-31(40)42-3)36(38-34(24)27-16-10-6-11-17-27)33(26-14-8-5-9-15-26)37-30(21-23-32(41)43-4)25(2)35(39-37)28-18-12-7-13-19-28/h5-19,38H,20-23H2,1-4H3/b37-33-. The van der Waals surface area contributed by atoms with Gasteiger partial charge in [-0.25, -0.2) is 4.99 Å². The Morgan fingerprint density at radius 1 is 0.721 bits per heavy atom. The Labute approximate surface area is 252 Å². The molecule has 2 heterocycles. The van der Waals surface area contributed by atoms with E-state index in [4.69, 9.17) is 14.5 Å². The van der Waals surface area contributed by atoms with E-state index in [0.717, 1.165) is 67.3 Å². The van der Waals surface area contributed by atoms with Gasteiger partial charge < -0.3 is 14.5 Å². The number of esters is 2. The highest BCUT2D eigenvalue weighted by molar-refractivity contribution is 6.16. The fourth-order valence-electron chi connectivity index (χ4n) is 5.69. The van der Waals surface area contributed by atoms with Crippen molar-refractivity contribution in [3.8, 4) is 11.3 Å². The number of methoxy groups -OCH3 is 2. The third-order valence-electron chi connectivity index (χ3n) is 7.97. The Balaban J connectivity index is 1.81. The summed E-state index contributed by atoms with van der Waals surface area (Å²) in [4.78, 5) is 33.7. The van der Waals surface area contributed by atoms with E-state index in [1.807, 2.05) is 54.6 Å². The van der Waals surface area contributed by atoms with Crippen LogP contribution in [0.2, 0.25) is 0 Å². The zero-order valence-corrected chi connectivity index (χ0v) is 25.1. The van der Waals surface area contributed by atoms with Crippen LogP contribution in [0.3, 0.4) is 0 Å². The highest BCUT2D eigenvalue weighted by atomic mass is 16.5. The lowest BCUT2D eigenvalue weighted by atomic mass is 9.90. The van der Waals surface area contributed by atoms with Gasteiger partial charge in [-0.05, 0) is 60.1 Å². The van der Waals surface area contributed by atoms with Gasteiger partial charge in [0.05, 0.1) is 31.3 Å². The first kappa shape index (κ1) is 29.5. The van der Waals surface area contributed by atoms with E-state index in [-0.39, 0.29) is 24.8 Å². The van der Waals surface area contributed by atoms with Crippen molar-refractivity contribution in [2.24, 2.45) is 4.99 Å². The molecule has 0 saturated heterocycles. The summed E-state index contributed by atoms with van der Waals surface area (Å²) >= 11 is 0. The molecule has 6 heteroatoms. The molecule has 0 saturated carbocycles. The average Bonchev–Trinajstić information content (AvgIpc) is 3.55. The maximum atomic E-state index is 12.3. The highest BCUT2D eigenvalue weighted by Gasteiger charge is 2.29. The minimum absolute atomic E-state index is 0.237. The lowest BCUT2D eigenvalue weighted by Crippen LogP contribution is -2.06. The van der Waals surface area contributed by atoms with E-state index in [1.165, 1.54) is 14.2 Å². The number of hydrogen-bond donors (Lipinski definition) is 1. The minimum atomic E-state index is -0.269. The van der Waals surface area contributed by atoms with Crippen molar-refractivity contribution in [2.75, 3.05) is 14.2 Å². The predicted molar refractivity (Wildman–Crippen MR) is 171 cm³/mol. The van der Waals surface area contributed by atoms with Gasteiger partial charge in [-0.2, -0.15) is 0 Å². The van der Waals surface area contributed by atoms with Crippen LogP contribution >= 0.6 is 0 Å². The number of rotatable bonds is 10. The van der Waals surface area contributed by atoms with Crippen molar-refractivity contribution in [2.45, 2.75) is 39.5 Å². The van der Waals surface area contributed by atoms with Crippen molar-refractivity contribution >= 4 is 23.2 Å². The summed E-state index contributed by atoms with van der Waals surface area (Å²) in [6, 6.07) is 30.5. The van der Waals surface area contributed by atoms with Gasteiger partial charge in [0, 0.05) is 29.7 Å². The lowest BCUT2D eigenvalue weighted by Gasteiger charge is -2.15. The molecule has 1 aliphatic heterocycles. The molecule has 1 N–H and O–H groups in total. The predicted octanol–water partition coefficient (Wildman–Crippen LogP) is 7.63. The molecule has 0 atom stereocenters. The molecule has 4 aromatic rings. The molecular formula is C37H36N2O4. The van der Waals surface area contributed by atoms with Crippen molar-refractivity contribution in [3.63, 3.8) is 0 Å². The molecule has 3 aromatic carbocycles. The van der Waals surface area contributed by atoms with Crippen molar-refractivity contribution < 1.29 is 19.1 Å². The van der Waals surface area contributed by atoms with Gasteiger partial charge in [0.15, 0.2) is 0 Å². The number of carbonyl (C=O) groups excluding carboxylic acids is 2. The number of allylic oxidation sites excluding steroid dienone is 2. The summed E-state index contributed by atoms with van der Waals surface area (Å²) in [5.41, 5.74) is 11.7. The van der Waals surface area contributed by atoms with Gasteiger partial charge in [-0.3, -0.25) is 9.59 Å². The second-order valence-electron chi connectivity index (χ2n) is 10.5. The zero-order chi connectivity index (χ0) is 30.3. The first-order chi connectivity index (χ1) is 20.9. The molecule has 0 radical (unpaired) electrons. The summed E-state index contributed by atoms with van der Waals surface area (Å²) in [6.45, 7) is 4.16. The van der Waals surface area contributed by atoms with E-state index < -0.39 is 0 Å². The van der Waals surface area contributed by atoms with Crippen LogP contribution in [0.4, 0.5) is 0 Å². The Bertz CT molecular complexity index is 1710. The normalized spacial score (nSPS) is 14.0. The molecule has 1 aromatic heterocycles. The number of nitrogens with one attached hydrogen (secondary N) is 1. The van der Waals surface area contributed by atoms with Crippen LogP contribution in [0.15, 0.2) is 113 Å². The molecule has 0 bridgehead atoms. The minimum Gasteiger partial charge on any atom is -0.469 e. The zero-order valence-electron chi connectivity index (χ0n) is 25.1. The van der Waals surface area contributed by atoms with Gasteiger partial charge >= 0.3 is 11.9 Å². The van der Waals surface area contributed by atoms with E-state index in [9.17, 15) is 9.59 Å². The first-order valence-electron chi connectivity index (χ1n) is 14.5. The van der Waals surface area contributed by atoms with Crippen LogP contribution in [0.5, 0.6) is 0 Å². The van der Waals surface area contributed by atoms with Crippen LogP contribution in [0.25, 0.3) is 16.8 Å². The summed E-state index contributed by atoms with van der Waals surface area (Å²) < 4.78 is 10.0. The Morgan fingerprint density at radius 2 is 1.26 bits per heavy atom. The second-order valence-corrected chi connectivity index (χ2v) is 10.5. The van der Waals surface area contributed by atoms with Crippen LogP contribution in [-0.4, -0.2) is 36.9 Å². The molecule has 0 spiro atoms. The molecular weight excluding hydrogens is 536 g/mol. The van der Waals surface area contributed by atoms with E-state index in [0.29, 0.717) is 12.8 Å². The van der Waals surface area contributed by atoms with Gasteiger partial charge in [-0.15, -0.1) is 0 Å². The molecule has 0 unspecified atom stereocenters. The fourth-order valence-corrected chi connectivity index (χ4v) is 5.69.